The van der Waals surface area contributed by atoms with Crippen LogP contribution in [0.25, 0.3) is 10.2 Å². The minimum absolute atomic E-state index is 0.223. The molecule has 0 radical (unpaired) electrons. The van der Waals surface area contributed by atoms with Crippen molar-refractivity contribution < 1.29 is 14.3 Å². The second kappa shape index (κ2) is 8.89. The Labute approximate surface area is 183 Å². The third-order valence-electron chi connectivity index (χ3n) is 5.11. The number of amides is 1. The van der Waals surface area contributed by atoms with Crippen molar-refractivity contribution in [3.05, 3.63) is 51.4 Å². The van der Waals surface area contributed by atoms with Crippen LogP contribution in [-0.4, -0.2) is 34.4 Å². The van der Waals surface area contributed by atoms with Gasteiger partial charge in [-0.05, 0) is 44.5 Å². The zero-order valence-electron chi connectivity index (χ0n) is 17.7. The highest BCUT2D eigenvalue weighted by Gasteiger charge is 2.19. The van der Waals surface area contributed by atoms with Crippen LogP contribution in [0.2, 0.25) is 0 Å². The summed E-state index contributed by atoms with van der Waals surface area (Å²) >= 11 is 1.52. The summed E-state index contributed by atoms with van der Waals surface area (Å²) in [6.45, 7) is 6.56. The molecule has 1 atom stereocenters. The molecule has 1 aliphatic heterocycles. The maximum Gasteiger partial charge on any atom is 0.263 e. The average molecular weight is 441 g/mol. The molecule has 0 spiro atoms. The van der Waals surface area contributed by atoms with Crippen LogP contribution in [0.1, 0.15) is 43.7 Å². The molecule has 1 aromatic carbocycles. The number of ether oxygens (including phenoxy) is 2. The number of aryl methyl sites for hydroxylation is 1. The summed E-state index contributed by atoms with van der Waals surface area (Å²) in [6, 6.07) is 6.63. The van der Waals surface area contributed by atoms with Crippen molar-refractivity contribution >= 4 is 33.2 Å². The van der Waals surface area contributed by atoms with Gasteiger partial charge in [-0.25, -0.2) is 10.4 Å². The molecule has 8 nitrogen and oxygen atoms in total. The molecule has 3 heterocycles. The second-order valence-electron chi connectivity index (χ2n) is 7.35. The van der Waals surface area contributed by atoms with Crippen molar-refractivity contribution in [2.45, 2.75) is 39.7 Å². The van der Waals surface area contributed by atoms with Gasteiger partial charge in [0, 0.05) is 10.4 Å². The number of carbonyl (C=O) groups excluding carboxylic acids is 1. The van der Waals surface area contributed by atoms with Crippen LogP contribution < -0.4 is 20.5 Å². The van der Waals surface area contributed by atoms with Crippen LogP contribution in [-0.2, 0) is 11.2 Å². The van der Waals surface area contributed by atoms with Gasteiger partial charge in [0.05, 0.1) is 17.4 Å². The minimum Gasteiger partial charge on any atom is -0.486 e. The van der Waals surface area contributed by atoms with Gasteiger partial charge in [-0.15, -0.1) is 11.3 Å². The normalized spacial score (nSPS) is 14.5. The van der Waals surface area contributed by atoms with Crippen LogP contribution in [0.5, 0.6) is 11.5 Å². The van der Waals surface area contributed by atoms with E-state index >= 15 is 0 Å². The van der Waals surface area contributed by atoms with Gasteiger partial charge >= 0.3 is 0 Å². The van der Waals surface area contributed by atoms with E-state index in [4.69, 9.17) is 9.47 Å². The van der Waals surface area contributed by atoms with E-state index in [-0.39, 0.29) is 5.56 Å². The van der Waals surface area contributed by atoms with E-state index < -0.39 is 11.9 Å². The molecule has 4 rings (SSSR count). The van der Waals surface area contributed by atoms with E-state index in [0.29, 0.717) is 40.6 Å². The first-order valence-corrected chi connectivity index (χ1v) is 11.0. The highest BCUT2D eigenvalue weighted by atomic mass is 32.1. The number of carbonyl (C=O) groups is 1. The minimum atomic E-state index is -0.754. The quantitative estimate of drug-likeness (QED) is 0.469. The molecular formula is C22H24N4O4S. The Hall–Kier alpha value is -3.20. The topological polar surface area (TPSA) is 94.8 Å². The largest absolute Gasteiger partial charge is 0.486 e. The van der Waals surface area contributed by atoms with Crippen LogP contribution in [0.4, 0.5) is 0 Å². The van der Waals surface area contributed by atoms with Gasteiger partial charge in [-0.3, -0.25) is 14.2 Å². The van der Waals surface area contributed by atoms with Crippen LogP contribution in [0.15, 0.2) is 40.5 Å². The number of fused-ring (bicyclic) bond motifs is 2. The van der Waals surface area contributed by atoms with E-state index in [0.717, 1.165) is 23.3 Å². The van der Waals surface area contributed by atoms with E-state index in [1.807, 2.05) is 24.3 Å². The lowest BCUT2D eigenvalue weighted by atomic mass is 10.1. The number of hydrazone groups is 1. The molecule has 31 heavy (non-hydrogen) atoms. The molecule has 1 aliphatic rings. The van der Waals surface area contributed by atoms with Gasteiger partial charge in [0.15, 0.2) is 11.5 Å². The first kappa shape index (κ1) is 21.0. The van der Waals surface area contributed by atoms with Gasteiger partial charge in [0.1, 0.15) is 24.1 Å². The fourth-order valence-electron chi connectivity index (χ4n) is 3.32. The Morgan fingerprint density at radius 2 is 2.06 bits per heavy atom. The summed E-state index contributed by atoms with van der Waals surface area (Å²) in [5.41, 5.74) is 3.75. The third-order valence-corrected chi connectivity index (χ3v) is 6.22. The number of aromatic nitrogens is 2. The molecule has 0 fully saturated rings. The summed E-state index contributed by atoms with van der Waals surface area (Å²) in [7, 11) is 0. The van der Waals surface area contributed by atoms with Crippen LogP contribution >= 0.6 is 11.3 Å². The Morgan fingerprint density at radius 1 is 1.29 bits per heavy atom. The third kappa shape index (κ3) is 4.32. The zero-order chi connectivity index (χ0) is 22.0. The van der Waals surface area contributed by atoms with Crippen LogP contribution in [0, 0.1) is 0 Å². The molecule has 1 amide bonds. The summed E-state index contributed by atoms with van der Waals surface area (Å²) in [6.07, 6.45) is 3.34. The Bertz CT molecular complexity index is 1210. The van der Waals surface area contributed by atoms with E-state index in [2.05, 4.69) is 22.4 Å². The number of benzene rings is 1. The number of hydrogen-bond donors (Lipinski definition) is 1. The Balaban J connectivity index is 1.50. The van der Waals surface area contributed by atoms with Crippen molar-refractivity contribution in [2.75, 3.05) is 13.2 Å². The van der Waals surface area contributed by atoms with Crippen molar-refractivity contribution in [3.8, 4) is 11.5 Å². The van der Waals surface area contributed by atoms with Crippen molar-refractivity contribution in [1.82, 2.24) is 15.0 Å². The van der Waals surface area contributed by atoms with Gasteiger partial charge < -0.3 is 9.47 Å². The molecule has 3 aromatic rings. The molecule has 0 bridgehead atoms. The van der Waals surface area contributed by atoms with Crippen LogP contribution in [0.3, 0.4) is 0 Å². The average Bonchev–Trinajstić information content (AvgIpc) is 3.20. The highest BCUT2D eigenvalue weighted by molar-refractivity contribution is 7.18. The van der Waals surface area contributed by atoms with E-state index in [1.54, 1.807) is 13.8 Å². The summed E-state index contributed by atoms with van der Waals surface area (Å²) in [4.78, 5) is 31.7. The molecule has 9 heteroatoms. The predicted octanol–water partition coefficient (Wildman–Crippen LogP) is 3.28. The molecule has 0 saturated carbocycles. The fraction of sp³-hybridized carbons (Fsp3) is 0.364. The van der Waals surface area contributed by atoms with Gasteiger partial charge in [-0.1, -0.05) is 13.3 Å². The van der Waals surface area contributed by atoms with Gasteiger partial charge in [0.2, 0.25) is 0 Å². The van der Waals surface area contributed by atoms with Gasteiger partial charge in [0.25, 0.3) is 11.5 Å². The Morgan fingerprint density at radius 3 is 2.84 bits per heavy atom. The number of nitrogens with zero attached hydrogens (tertiary/aromatic N) is 3. The molecule has 0 aliphatic carbocycles. The smallest absolute Gasteiger partial charge is 0.263 e. The molecule has 1 N–H and O–H groups in total. The first-order chi connectivity index (χ1) is 15.0. The van der Waals surface area contributed by atoms with Crippen molar-refractivity contribution in [2.24, 2.45) is 5.10 Å². The summed E-state index contributed by atoms with van der Waals surface area (Å²) in [5.74, 6) is 0.949. The number of rotatable bonds is 6. The highest BCUT2D eigenvalue weighted by Crippen LogP contribution is 2.30. The molecule has 0 saturated heterocycles. The van der Waals surface area contributed by atoms with Gasteiger partial charge in [-0.2, -0.15) is 5.10 Å². The lowest BCUT2D eigenvalue weighted by molar-refractivity contribution is -0.123. The SMILES string of the molecule is CCCc1cc2c(=O)n([C@@H](C)C(=O)N/N=C(\C)c3ccc4c(c3)OCCO4)cnc2s1. The number of nitrogens with one attached hydrogen (secondary N) is 1. The predicted molar refractivity (Wildman–Crippen MR) is 120 cm³/mol. The van der Waals surface area contributed by atoms with E-state index in [1.165, 1.54) is 22.2 Å². The summed E-state index contributed by atoms with van der Waals surface area (Å²) in [5, 5.41) is 4.75. The lowest BCUT2D eigenvalue weighted by Crippen LogP contribution is -2.34. The fourth-order valence-corrected chi connectivity index (χ4v) is 4.41. The van der Waals surface area contributed by atoms with E-state index in [9.17, 15) is 9.59 Å². The molecule has 0 unspecified atom stereocenters. The maximum atomic E-state index is 12.9. The number of hydrogen-bond acceptors (Lipinski definition) is 7. The second-order valence-corrected chi connectivity index (χ2v) is 8.46. The Kier molecular flexibility index (Phi) is 6.03. The molecule has 2 aromatic heterocycles. The molecule has 162 valence electrons. The monoisotopic (exact) mass is 440 g/mol. The van der Waals surface area contributed by atoms with Crippen molar-refractivity contribution in [1.29, 1.82) is 0 Å². The number of thiophene rings is 1. The maximum absolute atomic E-state index is 12.9. The summed E-state index contributed by atoms with van der Waals surface area (Å²) < 4.78 is 12.5. The zero-order valence-corrected chi connectivity index (χ0v) is 18.5. The standard InChI is InChI=1S/C22H24N4O4S/c1-4-5-16-11-17-21(31-16)23-12-26(22(17)28)14(3)20(27)25-24-13(2)15-6-7-18-19(10-15)30-9-8-29-18/h6-7,10-12,14H,4-5,8-9H2,1-3H3,(H,25,27)/b24-13+/t14-/m0/s1. The lowest BCUT2D eigenvalue weighted by Gasteiger charge is -2.18. The van der Waals surface area contributed by atoms with Crippen molar-refractivity contribution in [3.63, 3.8) is 0 Å². The first-order valence-electron chi connectivity index (χ1n) is 10.2. The molecular weight excluding hydrogens is 416 g/mol.